The lowest BCUT2D eigenvalue weighted by molar-refractivity contribution is -0.132. The molecule has 2 N–H and O–H groups in total. The van der Waals surface area contributed by atoms with Gasteiger partial charge in [-0.05, 0) is 36.4 Å². The Morgan fingerprint density at radius 2 is 2.00 bits per heavy atom. The molecule has 0 atom stereocenters. The summed E-state index contributed by atoms with van der Waals surface area (Å²) in [7, 11) is 0. The lowest BCUT2D eigenvalue weighted by Crippen LogP contribution is -2.39. The number of rotatable bonds is 5. The number of hydrogen-bond donors (Lipinski definition) is 2. The fourth-order valence-electron chi connectivity index (χ4n) is 3.50. The number of amides is 2. The SMILES string of the molecule is O=C(NCCC(=O)N1CCC(c2nc3ccccc3[nH]2)CC1)c1cccs1. The molecule has 1 fully saturated rings. The molecule has 0 bridgehead atoms. The number of carbonyl (C=O) groups excluding carboxylic acids is 2. The molecule has 6 nitrogen and oxygen atoms in total. The molecule has 1 saturated heterocycles. The number of likely N-dealkylation sites (tertiary alicyclic amines) is 1. The van der Waals surface area contributed by atoms with E-state index in [1.807, 2.05) is 40.6 Å². The Morgan fingerprint density at radius 3 is 2.74 bits per heavy atom. The number of carbonyl (C=O) groups is 2. The van der Waals surface area contributed by atoms with Gasteiger partial charge in [-0.2, -0.15) is 0 Å². The summed E-state index contributed by atoms with van der Waals surface area (Å²) in [4.78, 5) is 35.0. The first-order valence-electron chi connectivity index (χ1n) is 9.25. The molecule has 0 unspecified atom stereocenters. The van der Waals surface area contributed by atoms with Crippen molar-refractivity contribution in [2.24, 2.45) is 0 Å². The molecule has 140 valence electrons. The Kier molecular flexibility index (Phi) is 5.20. The van der Waals surface area contributed by atoms with E-state index in [-0.39, 0.29) is 11.8 Å². The van der Waals surface area contributed by atoms with Crippen LogP contribution in [0.1, 0.15) is 40.7 Å². The fraction of sp³-hybridized carbons (Fsp3) is 0.350. The van der Waals surface area contributed by atoms with Gasteiger partial charge in [-0.3, -0.25) is 9.59 Å². The lowest BCUT2D eigenvalue weighted by Gasteiger charge is -2.31. The second-order valence-corrected chi connectivity index (χ2v) is 7.73. The second kappa shape index (κ2) is 7.92. The van der Waals surface area contributed by atoms with Gasteiger partial charge >= 0.3 is 0 Å². The summed E-state index contributed by atoms with van der Waals surface area (Å²) in [6.45, 7) is 1.85. The Bertz CT molecular complexity index is 894. The Labute approximate surface area is 161 Å². The topological polar surface area (TPSA) is 78.1 Å². The average Bonchev–Trinajstić information content (AvgIpc) is 3.37. The van der Waals surface area contributed by atoms with Crippen LogP contribution < -0.4 is 5.32 Å². The summed E-state index contributed by atoms with van der Waals surface area (Å²) in [5, 5.41) is 4.68. The van der Waals surface area contributed by atoms with Crippen molar-refractivity contribution < 1.29 is 9.59 Å². The zero-order valence-corrected chi connectivity index (χ0v) is 15.8. The van der Waals surface area contributed by atoms with E-state index in [1.165, 1.54) is 11.3 Å². The van der Waals surface area contributed by atoms with Crippen LogP contribution in [0.25, 0.3) is 11.0 Å². The van der Waals surface area contributed by atoms with Gasteiger partial charge in [-0.25, -0.2) is 4.98 Å². The summed E-state index contributed by atoms with van der Waals surface area (Å²) in [6, 6.07) is 11.7. The van der Waals surface area contributed by atoms with Gasteiger partial charge in [0.15, 0.2) is 0 Å². The van der Waals surface area contributed by atoms with Crippen LogP contribution in [0.3, 0.4) is 0 Å². The summed E-state index contributed by atoms with van der Waals surface area (Å²) in [5.41, 5.74) is 2.06. The first-order chi connectivity index (χ1) is 13.2. The van der Waals surface area contributed by atoms with Gasteiger partial charge in [0.25, 0.3) is 5.91 Å². The van der Waals surface area contributed by atoms with E-state index in [4.69, 9.17) is 4.98 Å². The number of hydrogen-bond acceptors (Lipinski definition) is 4. The fourth-order valence-corrected chi connectivity index (χ4v) is 4.14. The Hall–Kier alpha value is -2.67. The third-order valence-corrected chi connectivity index (χ3v) is 5.88. The first-order valence-corrected chi connectivity index (χ1v) is 10.1. The van der Waals surface area contributed by atoms with Crippen molar-refractivity contribution in [2.45, 2.75) is 25.2 Å². The Balaban J connectivity index is 1.25. The molecule has 3 heterocycles. The van der Waals surface area contributed by atoms with Crippen molar-refractivity contribution in [1.82, 2.24) is 20.2 Å². The largest absolute Gasteiger partial charge is 0.351 e. The quantitative estimate of drug-likeness (QED) is 0.712. The van der Waals surface area contributed by atoms with Gasteiger partial charge in [0, 0.05) is 32.0 Å². The number of para-hydroxylation sites is 2. The number of benzene rings is 1. The van der Waals surface area contributed by atoms with Crippen molar-refractivity contribution >= 4 is 34.2 Å². The van der Waals surface area contributed by atoms with Crippen LogP contribution in [0.5, 0.6) is 0 Å². The van der Waals surface area contributed by atoms with E-state index >= 15 is 0 Å². The van der Waals surface area contributed by atoms with Gasteiger partial charge in [0.05, 0.1) is 15.9 Å². The van der Waals surface area contributed by atoms with E-state index in [9.17, 15) is 9.59 Å². The summed E-state index contributed by atoms with van der Waals surface area (Å²) >= 11 is 1.40. The number of nitrogens with zero attached hydrogens (tertiary/aromatic N) is 2. The molecule has 0 radical (unpaired) electrons. The molecular formula is C20H22N4O2S. The van der Waals surface area contributed by atoms with E-state index in [0.29, 0.717) is 23.8 Å². The molecular weight excluding hydrogens is 360 g/mol. The van der Waals surface area contributed by atoms with Crippen molar-refractivity contribution in [3.05, 3.63) is 52.5 Å². The first kappa shape index (κ1) is 17.7. The van der Waals surface area contributed by atoms with Crippen LogP contribution in [0.15, 0.2) is 41.8 Å². The van der Waals surface area contributed by atoms with E-state index in [1.54, 1.807) is 6.07 Å². The normalized spacial score (nSPS) is 15.2. The minimum atomic E-state index is -0.110. The molecule has 0 aliphatic carbocycles. The van der Waals surface area contributed by atoms with Gasteiger partial charge in [0.2, 0.25) is 5.91 Å². The molecule has 1 aliphatic heterocycles. The summed E-state index contributed by atoms with van der Waals surface area (Å²) in [6.07, 6.45) is 2.16. The summed E-state index contributed by atoms with van der Waals surface area (Å²) < 4.78 is 0. The number of thiophene rings is 1. The molecule has 4 rings (SSSR count). The molecule has 1 aliphatic rings. The third kappa shape index (κ3) is 4.03. The highest BCUT2D eigenvalue weighted by molar-refractivity contribution is 7.12. The molecule has 2 aromatic heterocycles. The van der Waals surface area contributed by atoms with Crippen LogP contribution in [-0.4, -0.2) is 46.3 Å². The van der Waals surface area contributed by atoms with Gasteiger partial charge in [-0.15, -0.1) is 11.3 Å². The van der Waals surface area contributed by atoms with Crippen LogP contribution in [0.2, 0.25) is 0 Å². The maximum absolute atomic E-state index is 12.4. The Morgan fingerprint density at radius 1 is 1.19 bits per heavy atom. The molecule has 3 aromatic rings. The van der Waals surface area contributed by atoms with Crippen LogP contribution in [-0.2, 0) is 4.79 Å². The predicted octanol–water partition coefficient (Wildman–Crippen LogP) is 3.15. The van der Waals surface area contributed by atoms with Gasteiger partial charge in [-0.1, -0.05) is 18.2 Å². The highest BCUT2D eigenvalue weighted by Gasteiger charge is 2.25. The molecule has 2 amide bonds. The molecule has 0 saturated carbocycles. The van der Waals surface area contributed by atoms with Crippen molar-refractivity contribution in [3.63, 3.8) is 0 Å². The van der Waals surface area contributed by atoms with Gasteiger partial charge in [0.1, 0.15) is 5.82 Å². The standard InChI is InChI=1S/C20H22N4O2S/c25-18(7-10-21-20(26)17-6-3-13-27-17)24-11-8-14(9-12-24)19-22-15-4-1-2-5-16(15)23-19/h1-6,13-14H,7-12H2,(H,21,26)(H,22,23). The highest BCUT2D eigenvalue weighted by atomic mass is 32.1. The van der Waals surface area contributed by atoms with Crippen LogP contribution in [0, 0.1) is 0 Å². The molecule has 0 spiro atoms. The van der Waals surface area contributed by atoms with E-state index < -0.39 is 0 Å². The van der Waals surface area contributed by atoms with Crippen LogP contribution >= 0.6 is 11.3 Å². The zero-order chi connectivity index (χ0) is 18.6. The monoisotopic (exact) mass is 382 g/mol. The molecule has 27 heavy (non-hydrogen) atoms. The zero-order valence-electron chi connectivity index (χ0n) is 15.0. The lowest BCUT2D eigenvalue weighted by atomic mass is 9.96. The predicted molar refractivity (Wildman–Crippen MR) is 106 cm³/mol. The number of imidazole rings is 1. The second-order valence-electron chi connectivity index (χ2n) is 6.78. The van der Waals surface area contributed by atoms with Crippen LogP contribution in [0.4, 0.5) is 0 Å². The van der Waals surface area contributed by atoms with E-state index in [2.05, 4.69) is 10.3 Å². The smallest absolute Gasteiger partial charge is 0.261 e. The molecule has 1 aromatic carbocycles. The van der Waals surface area contributed by atoms with Crippen molar-refractivity contribution in [3.8, 4) is 0 Å². The maximum atomic E-state index is 12.4. The molecule has 7 heteroatoms. The van der Waals surface area contributed by atoms with Crippen molar-refractivity contribution in [1.29, 1.82) is 0 Å². The number of aromatic amines is 1. The summed E-state index contributed by atoms with van der Waals surface area (Å²) in [5.74, 6) is 1.37. The number of H-pyrrole nitrogens is 1. The number of aromatic nitrogens is 2. The average molecular weight is 382 g/mol. The maximum Gasteiger partial charge on any atom is 0.261 e. The van der Waals surface area contributed by atoms with Crippen molar-refractivity contribution in [2.75, 3.05) is 19.6 Å². The number of nitrogens with one attached hydrogen (secondary N) is 2. The van der Waals surface area contributed by atoms with E-state index in [0.717, 1.165) is 42.8 Å². The highest BCUT2D eigenvalue weighted by Crippen LogP contribution is 2.27. The van der Waals surface area contributed by atoms with Gasteiger partial charge < -0.3 is 15.2 Å². The number of piperidine rings is 1. The third-order valence-electron chi connectivity index (χ3n) is 5.01. The number of fused-ring (bicyclic) bond motifs is 1. The minimum absolute atomic E-state index is 0.101. The minimum Gasteiger partial charge on any atom is -0.351 e.